The first-order valence-electron chi connectivity index (χ1n) is 4.02. The Hall–Kier alpha value is -0.740. The van der Waals surface area contributed by atoms with Gasteiger partial charge in [-0.1, -0.05) is 22.0 Å². The van der Waals surface area contributed by atoms with Crippen molar-refractivity contribution in [3.8, 4) is 0 Å². The van der Waals surface area contributed by atoms with Gasteiger partial charge >= 0.3 is 0 Å². The number of halogens is 2. The van der Waals surface area contributed by atoms with Gasteiger partial charge < -0.3 is 11.5 Å². The van der Waals surface area contributed by atoms with Gasteiger partial charge in [0.2, 0.25) is 0 Å². The van der Waals surface area contributed by atoms with Gasteiger partial charge in [0.15, 0.2) is 0 Å². The van der Waals surface area contributed by atoms with Crippen LogP contribution >= 0.6 is 31.9 Å². The van der Waals surface area contributed by atoms with Crippen LogP contribution in [0.4, 0.5) is 11.4 Å². The first-order valence-corrected chi connectivity index (χ1v) is 5.61. The molecule has 0 aliphatic rings. The fourth-order valence-corrected chi connectivity index (χ4v) is 2.42. The number of hydrogen-bond donors (Lipinski definition) is 2. The van der Waals surface area contributed by atoms with Crippen LogP contribution in [0.5, 0.6) is 0 Å². The van der Waals surface area contributed by atoms with Crippen molar-refractivity contribution in [2.45, 2.75) is 0 Å². The second-order valence-electron chi connectivity index (χ2n) is 3.07. The third-order valence-electron chi connectivity index (χ3n) is 2.07. The Morgan fingerprint density at radius 1 is 0.929 bits per heavy atom. The van der Waals surface area contributed by atoms with Gasteiger partial charge in [-0.05, 0) is 39.5 Å². The quantitative estimate of drug-likeness (QED) is 0.731. The molecular formula is C10H8Br2N2. The molecule has 0 saturated carbocycles. The van der Waals surface area contributed by atoms with E-state index >= 15 is 0 Å². The van der Waals surface area contributed by atoms with Gasteiger partial charge in [-0.25, -0.2) is 0 Å². The molecule has 14 heavy (non-hydrogen) atoms. The Labute approximate surface area is 98.5 Å². The van der Waals surface area contributed by atoms with E-state index in [4.69, 9.17) is 11.5 Å². The van der Waals surface area contributed by atoms with Crippen molar-refractivity contribution in [3.63, 3.8) is 0 Å². The van der Waals surface area contributed by atoms with E-state index < -0.39 is 0 Å². The molecule has 0 aliphatic heterocycles. The predicted molar refractivity (Wildman–Crippen MR) is 68.2 cm³/mol. The summed E-state index contributed by atoms with van der Waals surface area (Å²) in [6, 6.07) is 7.62. The molecule has 0 saturated heterocycles. The highest BCUT2D eigenvalue weighted by Crippen LogP contribution is 2.35. The standard InChI is InChI=1S/C10H8Br2N2/c11-8-4-9(14)10(12)7-3-5(13)1-2-6(7)8/h1-4H,13-14H2. The van der Waals surface area contributed by atoms with E-state index in [1.807, 2.05) is 24.3 Å². The fraction of sp³-hybridized carbons (Fsp3) is 0. The van der Waals surface area contributed by atoms with Crippen LogP contribution in [0.3, 0.4) is 0 Å². The number of rotatable bonds is 0. The van der Waals surface area contributed by atoms with Crippen LogP contribution in [0.25, 0.3) is 10.8 Å². The zero-order chi connectivity index (χ0) is 10.3. The second-order valence-corrected chi connectivity index (χ2v) is 4.71. The molecule has 0 amide bonds. The summed E-state index contributed by atoms with van der Waals surface area (Å²) >= 11 is 6.91. The number of nitrogen functional groups attached to an aromatic ring is 2. The molecule has 0 atom stereocenters. The average Bonchev–Trinajstić information content (AvgIpc) is 2.14. The molecule has 0 aromatic heterocycles. The van der Waals surface area contributed by atoms with Gasteiger partial charge in [-0.15, -0.1) is 0 Å². The van der Waals surface area contributed by atoms with E-state index in [2.05, 4.69) is 31.9 Å². The monoisotopic (exact) mass is 314 g/mol. The van der Waals surface area contributed by atoms with E-state index in [1.165, 1.54) is 0 Å². The summed E-state index contributed by atoms with van der Waals surface area (Å²) in [5.41, 5.74) is 13.0. The van der Waals surface area contributed by atoms with Crippen LogP contribution in [0.2, 0.25) is 0 Å². The van der Waals surface area contributed by atoms with Crippen LogP contribution in [0, 0.1) is 0 Å². The Morgan fingerprint density at radius 3 is 2.36 bits per heavy atom. The summed E-state index contributed by atoms with van der Waals surface area (Å²) in [6.07, 6.45) is 0. The molecule has 2 nitrogen and oxygen atoms in total. The van der Waals surface area contributed by atoms with Crippen LogP contribution in [-0.4, -0.2) is 0 Å². The zero-order valence-electron chi connectivity index (χ0n) is 7.22. The molecule has 2 aromatic rings. The van der Waals surface area contributed by atoms with Crippen molar-refractivity contribution in [1.82, 2.24) is 0 Å². The highest BCUT2D eigenvalue weighted by Gasteiger charge is 2.06. The maximum atomic E-state index is 5.82. The summed E-state index contributed by atoms with van der Waals surface area (Å²) in [6.45, 7) is 0. The lowest BCUT2D eigenvalue weighted by molar-refractivity contribution is 1.65. The summed E-state index contributed by atoms with van der Waals surface area (Å²) in [5.74, 6) is 0. The second kappa shape index (κ2) is 3.44. The normalized spacial score (nSPS) is 10.7. The SMILES string of the molecule is Nc1ccc2c(Br)cc(N)c(Br)c2c1. The Kier molecular flexibility index (Phi) is 2.41. The van der Waals surface area contributed by atoms with Crippen molar-refractivity contribution < 1.29 is 0 Å². The number of nitrogens with two attached hydrogens (primary N) is 2. The molecule has 0 spiro atoms. The van der Waals surface area contributed by atoms with Gasteiger partial charge in [0.25, 0.3) is 0 Å². The predicted octanol–water partition coefficient (Wildman–Crippen LogP) is 3.53. The first-order chi connectivity index (χ1) is 6.59. The third kappa shape index (κ3) is 1.48. The molecule has 2 rings (SSSR count). The molecular weight excluding hydrogens is 308 g/mol. The Balaban J connectivity index is 2.95. The van der Waals surface area contributed by atoms with Crippen LogP contribution < -0.4 is 11.5 Å². The minimum absolute atomic E-state index is 0.704. The zero-order valence-corrected chi connectivity index (χ0v) is 10.4. The van der Waals surface area contributed by atoms with Gasteiger partial charge in [0, 0.05) is 25.7 Å². The van der Waals surface area contributed by atoms with E-state index in [-0.39, 0.29) is 0 Å². The van der Waals surface area contributed by atoms with Crippen molar-refractivity contribution in [1.29, 1.82) is 0 Å². The van der Waals surface area contributed by atoms with E-state index in [9.17, 15) is 0 Å². The summed E-state index contributed by atoms with van der Waals surface area (Å²) in [7, 11) is 0. The lowest BCUT2D eigenvalue weighted by Gasteiger charge is -2.07. The summed E-state index contributed by atoms with van der Waals surface area (Å²) < 4.78 is 1.87. The van der Waals surface area contributed by atoms with Gasteiger partial charge in [-0.3, -0.25) is 0 Å². The Bertz CT molecular complexity index is 509. The highest BCUT2D eigenvalue weighted by molar-refractivity contribution is 9.11. The van der Waals surface area contributed by atoms with Gasteiger partial charge in [0.05, 0.1) is 0 Å². The summed E-state index contributed by atoms with van der Waals surface area (Å²) in [5, 5.41) is 2.12. The molecule has 72 valence electrons. The molecule has 0 radical (unpaired) electrons. The third-order valence-corrected chi connectivity index (χ3v) is 3.61. The van der Waals surface area contributed by atoms with E-state index in [1.54, 1.807) is 0 Å². The van der Waals surface area contributed by atoms with Gasteiger partial charge in [0.1, 0.15) is 0 Å². The number of fused-ring (bicyclic) bond motifs is 1. The van der Waals surface area contributed by atoms with Crippen LogP contribution in [-0.2, 0) is 0 Å². The summed E-state index contributed by atoms with van der Waals surface area (Å²) in [4.78, 5) is 0. The lowest BCUT2D eigenvalue weighted by atomic mass is 10.1. The maximum absolute atomic E-state index is 5.82. The van der Waals surface area contributed by atoms with Crippen LogP contribution in [0.1, 0.15) is 0 Å². The smallest absolute Gasteiger partial charge is 0.0484 e. The van der Waals surface area contributed by atoms with Crippen LogP contribution in [0.15, 0.2) is 33.2 Å². The van der Waals surface area contributed by atoms with E-state index in [0.29, 0.717) is 5.69 Å². The Morgan fingerprint density at radius 2 is 1.64 bits per heavy atom. The topological polar surface area (TPSA) is 52.0 Å². The average molecular weight is 316 g/mol. The van der Waals surface area contributed by atoms with Crippen molar-refractivity contribution >= 4 is 54.0 Å². The lowest BCUT2D eigenvalue weighted by Crippen LogP contribution is -1.90. The molecule has 4 N–H and O–H groups in total. The number of anilines is 2. The minimum atomic E-state index is 0.704. The highest BCUT2D eigenvalue weighted by atomic mass is 79.9. The van der Waals surface area contributed by atoms with Crippen molar-refractivity contribution in [2.24, 2.45) is 0 Å². The first kappa shape index (κ1) is 9.80. The van der Waals surface area contributed by atoms with Crippen molar-refractivity contribution in [2.75, 3.05) is 11.5 Å². The van der Waals surface area contributed by atoms with Gasteiger partial charge in [-0.2, -0.15) is 0 Å². The minimum Gasteiger partial charge on any atom is -0.399 e. The molecule has 4 heteroatoms. The fourth-order valence-electron chi connectivity index (χ4n) is 1.38. The molecule has 0 unspecified atom stereocenters. The largest absolute Gasteiger partial charge is 0.399 e. The maximum Gasteiger partial charge on any atom is 0.0484 e. The molecule has 0 heterocycles. The van der Waals surface area contributed by atoms with E-state index in [0.717, 1.165) is 25.4 Å². The number of benzene rings is 2. The number of hydrogen-bond acceptors (Lipinski definition) is 2. The van der Waals surface area contributed by atoms with Crippen molar-refractivity contribution in [3.05, 3.63) is 33.2 Å². The molecule has 0 aliphatic carbocycles. The molecule has 0 fully saturated rings. The molecule has 0 bridgehead atoms. The molecule has 2 aromatic carbocycles.